The van der Waals surface area contributed by atoms with Crippen LogP contribution in [0, 0.1) is 6.92 Å². The Bertz CT molecular complexity index is 897. The van der Waals surface area contributed by atoms with Crippen molar-refractivity contribution in [1.82, 2.24) is 15.5 Å². The topological polar surface area (TPSA) is 57.8 Å². The smallest absolute Gasteiger partial charge is 0.255 e. The first-order valence-corrected chi connectivity index (χ1v) is 8.21. The maximum atomic E-state index is 12.8. The Balaban J connectivity index is 1.60. The summed E-state index contributed by atoms with van der Waals surface area (Å²) in [5.41, 5.74) is 6.04. The number of amides is 1. The second kappa shape index (κ2) is 5.96. The van der Waals surface area contributed by atoms with E-state index < -0.39 is 0 Å². The standard InChI is InChI=1S/C20H19N3O/c1-13-5-4-7-15(11-13)19-17(12-21-23-19)20(24)22-18-10-9-14-6-2-3-8-16(14)18/h2-8,11-12,18H,9-10H2,1H3,(H,21,23)(H,22,24). The summed E-state index contributed by atoms with van der Waals surface area (Å²) in [7, 11) is 0. The molecule has 4 nitrogen and oxygen atoms in total. The first-order valence-electron chi connectivity index (χ1n) is 8.21. The van der Waals surface area contributed by atoms with E-state index in [-0.39, 0.29) is 11.9 Å². The molecule has 0 saturated carbocycles. The van der Waals surface area contributed by atoms with E-state index in [2.05, 4.69) is 39.8 Å². The van der Waals surface area contributed by atoms with Crippen molar-refractivity contribution in [3.63, 3.8) is 0 Å². The molecule has 1 aromatic heterocycles. The fourth-order valence-electron chi connectivity index (χ4n) is 3.42. The molecule has 1 heterocycles. The number of carbonyl (C=O) groups excluding carboxylic acids is 1. The lowest BCUT2D eigenvalue weighted by Crippen LogP contribution is -2.27. The number of aromatic amines is 1. The Labute approximate surface area is 140 Å². The average molecular weight is 317 g/mol. The lowest BCUT2D eigenvalue weighted by atomic mass is 10.0. The van der Waals surface area contributed by atoms with Crippen molar-refractivity contribution in [2.24, 2.45) is 0 Å². The first kappa shape index (κ1) is 14.7. The molecule has 1 atom stereocenters. The molecule has 1 aliphatic rings. The van der Waals surface area contributed by atoms with Gasteiger partial charge >= 0.3 is 0 Å². The van der Waals surface area contributed by atoms with Gasteiger partial charge in [0, 0.05) is 5.56 Å². The van der Waals surface area contributed by atoms with E-state index in [1.165, 1.54) is 11.1 Å². The summed E-state index contributed by atoms with van der Waals surface area (Å²) in [5.74, 6) is -0.0815. The van der Waals surface area contributed by atoms with Gasteiger partial charge in [0.25, 0.3) is 5.91 Å². The summed E-state index contributed by atoms with van der Waals surface area (Å²) in [6.07, 6.45) is 3.56. The quantitative estimate of drug-likeness (QED) is 0.772. The van der Waals surface area contributed by atoms with E-state index in [0.29, 0.717) is 5.56 Å². The highest BCUT2D eigenvalue weighted by atomic mass is 16.1. The van der Waals surface area contributed by atoms with Gasteiger partial charge in [0.15, 0.2) is 0 Å². The summed E-state index contributed by atoms with van der Waals surface area (Å²) >= 11 is 0. The predicted octanol–water partition coefficient (Wildman–Crippen LogP) is 3.80. The van der Waals surface area contributed by atoms with Crippen LogP contribution in [0.4, 0.5) is 0 Å². The number of H-pyrrole nitrogens is 1. The van der Waals surface area contributed by atoms with Crippen LogP contribution in [0.1, 0.15) is 39.5 Å². The second-order valence-electron chi connectivity index (χ2n) is 6.29. The van der Waals surface area contributed by atoms with Crippen LogP contribution in [0.2, 0.25) is 0 Å². The molecular weight excluding hydrogens is 298 g/mol. The largest absolute Gasteiger partial charge is 0.345 e. The van der Waals surface area contributed by atoms with Crippen LogP contribution in [-0.2, 0) is 6.42 Å². The van der Waals surface area contributed by atoms with Gasteiger partial charge in [0.1, 0.15) is 0 Å². The van der Waals surface area contributed by atoms with Crippen molar-refractivity contribution < 1.29 is 4.79 Å². The van der Waals surface area contributed by atoms with Crippen molar-refractivity contribution in [2.75, 3.05) is 0 Å². The van der Waals surface area contributed by atoms with Gasteiger partial charge in [0.05, 0.1) is 23.5 Å². The number of hydrogen-bond acceptors (Lipinski definition) is 2. The maximum absolute atomic E-state index is 12.8. The number of fused-ring (bicyclic) bond motifs is 1. The van der Waals surface area contributed by atoms with Gasteiger partial charge < -0.3 is 5.32 Å². The van der Waals surface area contributed by atoms with Crippen molar-refractivity contribution in [1.29, 1.82) is 0 Å². The van der Waals surface area contributed by atoms with Crippen LogP contribution >= 0.6 is 0 Å². The molecule has 1 amide bonds. The number of aryl methyl sites for hydroxylation is 2. The van der Waals surface area contributed by atoms with Crippen LogP contribution in [0.5, 0.6) is 0 Å². The lowest BCUT2D eigenvalue weighted by molar-refractivity contribution is 0.0937. The average Bonchev–Trinajstić information content (AvgIpc) is 3.22. The van der Waals surface area contributed by atoms with E-state index >= 15 is 0 Å². The monoisotopic (exact) mass is 317 g/mol. The molecule has 0 spiro atoms. The minimum absolute atomic E-state index is 0.0777. The third kappa shape index (κ3) is 2.60. The van der Waals surface area contributed by atoms with Crippen LogP contribution in [-0.4, -0.2) is 16.1 Å². The highest BCUT2D eigenvalue weighted by Crippen LogP contribution is 2.31. The molecule has 0 radical (unpaired) electrons. The molecule has 2 aromatic carbocycles. The predicted molar refractivity (Wildman–Crippen MR) is 93.7 cm³/mol. The highest BCUT2D eigenvalue weighted by Gasteiger charge is 2.25. The van der Waals surface area contributed by atoms with E-state index in [9.17, 15) is 4.79 Å². The minimum Gasteiger partial charge on any atom is -0.345 e. The number of rotatable bonds is 3. The molecule has 1 unspecified atom stereocenters. The Morgan fingerprint density at radius 3 is 2.96 bits per heavy atom. The van der Waals surface area contributed by atoms with Crippen molar-refractivity contribution in [2.45, 2.75) is 25.8 Å². The fourth-order valence-corrected chi connectivity index (χ4v) is 3.42. The Morgan fingerprint density at radius 1 is 1.21 bits per heavy atom. The zero-order valence-electron chi connectivity index (χ0n) is 13.5. The normalized spacial score (nSPS) is 16.0. The number of nitrogens with zero attached hydrogens (tertiary/aromatic N) is 1. The number of nitrogens with one attached hydrogen (secondary N) is 2. The van der Waals surface area contributed by atoms with Crippen molar-refractivity contribution in [3.8, 4) is 11.3 Å². The third-order valence-corrected chi connectivity index (χ3v) is 4.63. The van der Waals surface area contributed by atoms with Gasteiger partial charge in [-0.1, -0.05) is 48.0 Å². The third-order valence-electron chi connectivity index (χ3n) is 4.63. The van der Waals surface area contributed by atoms with Gasteiger partial charge in [-0.25, -0.2) is 0 Å². The van der Waals surface area contributed by atoms with Gasteiger partial charge in [-0.2, -0.15) is 5.10 Å². The molecule has 3 aromatic rings. The molecule has 1 aliphatic carbocycles. The van der Waals surface area contributed by atoms with E-state index in [0.717, 1.165) is 29.7 Å². The van der Waals surface area contributed by atoms with Gasteiger partial charge in [-0.05, 0) is 37.0 Å². The van der Waals surface area contributed by atoms with Gasteiger partial charge in [0.2, 0.25) is 0 Å². The van der Waals surface area contributed by atoms with Gasteiger partial charge in [-0.3, -0.25) is 9.89 Å². The second-order valence-corrected chi connectivity index (χ2v) is 6.29. The van der Waals surface area contributed by atoms with E-state index in [4.69, 9.17) is 0 Å². The van der Waals surface area contributed by atoms with Crippen molar-refractivity contribution >= 4 is 5.91 Å². The summed E-state index contributed by atoms with van der Waals surface area (Å²) in [6.45, 7) is 2.04. The molecule has 0 saturated heterocycles. The minimum atomic E-state index is -0.0815. The molecule has 2 N–H and O–H groups in total. The molecule has 0 fully saturated rings. The van der Waals surface area contributed by atoms with Crippen LogP contribution < -0.4 is 5.32 Å². The molecule has 0 bridgehead atoms. The van der Waals surface area contributed by atoms with Crippen LogP contribution in [0.15, 0.2) is 54.7 Å². The Kier molecular flexibility index (Phi) is 3.65. The fraction of sp³-hybridized carbons (Fsp3) is 0.200. The van der Waals surface area contributed by atoms with Crippen molar-refractivity contribution in [3.05, 3.63) is 77.0 Å². The number of hydrogen-bond donors (Lipinski definition) is 2. The molecule has 120 valence electrons. The summed E-state index contributed by atoms with van der Waals surface area (Å²) < 4.78 is 0. The summed E-state index contributed by atoms with van der Waals surface area (Å²) in [4.78, 5) is 12.8. The van der Waals surface area contributed by atoms with E-state index in [1.54, 1.807) is 6.20 Å². The number of carbonyl (C=O) groups is 1. The maximum Gasteiger partial charge on any atom is 0.255 e. The molecule has 4 heteroatoms. The number of benzene rings is 2. The Morgan fingerprint density at radius 2 is 2.08 bits per heavy atom. The molecule has 24 heavy (non-hydrogen) atoms. The SMILES string of the molecule is Cc1cccc(-c2[nH]ncc2C(=O)NC2CCc3ccccc32)c1. The van der Waals surface area contributed by atoms with Gasteiger partial charge in [-0.15, -0.1) is 0 Å². The molecule has 4 rings (SSSR count). The highest BCUT2D eigenvalue weighted by molar-refractivity contribution is 6.00. The zero-order valence-corrected chi connectivity index (χ0v) is 13.5. The van der Waals surface area contributed by atoms with E-state index in [1.807, 2.05) is 31.2 Å². The molecule has 0 aliphatic heterocycles. The zero-order chi connectivity index (χ0) is 16.5. The van der Waals surface area contributed by atoms with Crippen LogP contribution in [0.25, 0.3) is 11.3 Å². The molecular formula is C20H19N3O. The first-order chi connectivity index (χ1) is 11.7. The summed E-state index contributed by atoms with van der Waals surface area (Å²) in [6, 6.07) is 16.5. The summed E-state index contributed by atoms with van der Waals surface area (Å²) in [5, 5.41) is 10.2. The number of aromatic nitrogens is 2. The Hall–Kier alpha value is -2.88. The lowest BCUT2D eigenvalue weighted by Gasteiger charge is -2.14. The van der Waals surface area contributed by atoms with Crippen LogP contribution in [0.3, 0.4) is 0 Å².